The van der Waals surface area contributed by atoms with Crippen molar-refractivity contribution in [1.29, 1.82) is 0 Å². The smallest absolute Gasteiger partial charge is 0.321 e. The molecule has 0 saturated carbocycles. The van der Waals surface area contributed by atoms with E-state index in [1.165, 1.54) is 0 Å². The number of urea groups is 1. The van der Waals surface area contributed by atoms with Gasteiger partial charge in [-0.1, -0.05) is 18.5 Å². The van der Waals surface area contributed by atoms with Crippen molar-refractivity contribution in [3.05, 3.63) is 22.5 Å². The van der Waals surface area contributed by atoms with Crippen LogP contribution in [-0.4, -0.2) is 54.0 Å². The standard InChI is InChI=1S/C16H25ClN4O/c1-5-20(4)9-13-6-7-21(10-13)16(22)19-14-11(2)8-12(3)18-15(14)17/h8,13H,5-7,9-10H2,1-4H3,(H,19,22)/t13-/m1/s1. The molecule has 1 aliphatic heterocycles. The van der Waals surface area contributed by atoms with Crippen LogP contribution in [0.5, 0.6) is 0 Å². The minimum atomic E-state index is -0.0858. The lowest BCUT2D eigenvalue weighted by Gasteiger charge is -2.21. The molecule has 6 heteroatoms. The predicted octanol–water partition coefficient (Wildman–Crippen LogP) is 3.16. The van der Waals surface area contributed by atoms with Crippen LogP contribution < -0.4 is 5.32 Å². The minimum absolute atomic E-state index is 0.0858. The Morgan fingerprint density at radius 3 is 2.91 bits per heavy atom. The lowest BCUT2D eigenvalue weighted by atomic mass is 10.1. The van der Waals surface area contributed by atoms with Crippen molar-refractivity contribution in [1.82, 2.24) is 14.8 Å². The Morgan fingerprint density at radius 1 is 1.55 bits per heavy atom. The van der Waals surface area contributed by atoms with Crippen LogP contribution in [0.25, 0.3) is 0 Å². The number of anilines is 1. The Kier molecular flexibility index (Phi) is 5.64. The SMILES string of the molecule is CCN(C)C[C@H]1CCN(C(=O)Nc2c(C)cc(C)nc2Cl)C1. The van der Waals surface area contributed by atoms with E-state index in [0.717, 1.165) is 43.9 Å². The van der Waals surface area contributed by atoms with Gasteiger partial charge >= 0.3 is 6.03 Å². The van der Waals surface area contributed by atoms with Crippen molar-refractivity contribution < 1.29 is 4.79 Å². The summed E-state index contributed by atoms with van der Waals surface area (Å²) in [6.07, 6.45) is 1.05. The summed E-state index contributed by atoms with van der Waals surface area (Å²) < 4.78 is 0. The topological polar surface area (TPSA) is 48.5 Å². The number of nitrogens with one attached hydrogen (secondary N) is 1. The molecule has 0 bridgehead atoms. The lowest BCUT2D eigenvalue weighted by Crippen LogP contribution is -2.34. The van der Waals surface area contributed by atoms with Crippen LogP contribution in [-0.2, 0) is 0 Å². The zero-order chi connectivity index (χ0) is 16.3. The molecule has 1 fully saturated rings. The number of aromatic nitrogens is 1. The number of likely N-dealkylation sites (tertiary alicyclic amines) is 1. The summed E-state index contributed by atoms with van der Waals surface area (Å²) in [4.78, 5) is 20.8. The molecular weight excluding hydrogens is 300 g/mol. The fourth-order valence-electron chi connectivity index (χ4n) is 2.86. The van der Waals surface area contributed by atoms with E-state index in [0.29, 0.717) is 16.8 Å². The molecule has 5 nitrogen and oxygen atoms in total. The average Bonchev–Trinajstić information content (AvgIpc) is 2.91. The van der Waals surface area contributed by atoms with Gasteiger partial charge in [-0.25, -0.2) is 9.78 Å². The van der Waals surface area contributed by atoms with E-state index < -0.39 is 0 Å². The number of pyridine rings is 1. The first-order valence-electron chi connectivity index (χ1n) is 7.79. The normalized spacial score (nSPS) is 18.1. The fraction of sp³-hybridized carbons (Fsp3) is 0.625. The first-order chi connectivity index (χ1) is 10.4. The van der Waals surface area contributed by atoms with Crippen LogP contribution in [0.15, 0.2) is 6.07 Å². The molecular formula is C16H25ClN4O. The molecule has 0 aliphatic carbocycles. The molecule has 0 spiro atoms. The van der Waals surface area contributed by atoms with Gasteiger partial charge in [0.15, 0.2) is 5.15 Å². The molecule has 122 valence electrons. The highest BCUT2D eigenvalue weighted by atomic mass is 35.5. The van der Waals surface area contributed by atoms with Gasteiger partial charge in [0, 0.05) is 25.3 Å². The second kappa shape index (κ2) is 7.29. The summed E-state index contributed by atoms with van der Waals surface area (Å²) in [6, 6.07) is 1.84. The van der Waals surface area contributed by atoms with Gasteiger partial charge in [-0.05, 0) is 51.4 Å². The molecule has 2 rings (SSSR count). The van der Waals surface area contributed by atoms with Crippen molar-refractivity contribution in [3.8, 4) is 0 Å². The molecule has 0 unspecified atom stereocenters. The van der Waals surface area contributed by atoms with Crippen LogP contribution in [0.1, 0.15) is 24.6 Å². The Balaban J connectivity index is 1.96. The molecule has 1 aromatic heterocycles. The summed E-state index contributed by atoms with van der Waals surface area (Å²) in [6.45, 7) is 9.63. The van der Waals surface area contributed by atoms with Gasteiger partial charge in [0.1, 0.15) is 0 Å². The van der Waals surface area contributed by atoms with Crippen LogP contribution in [0.2, 0.25) is 5.15 Å². The van der Waals surface area contributed by atoms with Crippen LogP contribution in [0, 0.1) is 19.8 Å². The summed E-state index contributed by atoms with van der Waals surface area (Å²) in [5.74, 6) is 0.545. The number of nitrogens with zero attached hydrogens (tertiary/aromatic N) is 3. The maximum atomic E-state index is 12.4. The summed E-state index contributed by atoms with van der Waals surface area (Å²) in [5.41, 5.74) is 2.41. The first-order valence-corrected chi connectivity index (χ1v) is 8.16. The molecule has 2 amide bonds. The van der Waals surface area contributed by atoms with E-state index in [1.54, 1.807) is 0 Å². The maximum absolute atomic E-state index is 12.4. The number of rotatable bonds is 4. The van der Waals surface area contributed by atoms with Gasteiger partial charge in [0.05, 0.1) is 5.69 Å². The highest BCUT2D eigenvalue weighted by Crippen LogP contribution is 2.26. The van der Waals surface area contributed by atoms with Crippen LogP contribution >= 0.6 is 11.6 Å². The zero-order valence-electron chi connectivity index (χ0n) is 13.8. The highest BCUT2D eigenvalue weighted by Gasteiger charge is 2.27. The van der Waals surface area contributed by atoms with Crippen LogP contribution in [0.4, 0.5) is 10.5 Å². The third-order valence-electron chi connectivity index (χ3n) is 4.22. The number of hydrogen-bond acceptors (Lipinski definition) is 3. The van der Waals surface area contributed by atoms with Crippen LogP contribution in [0.3, 0.4) is 0 Å². The number of aryl methyl sites for hydroxylation is 2. The Bertz CT molecular complexity index is 526. The van der Waals surface area contributed by atoms with E-state index >= 15 is 0 Å². The fourth-order valence-corrected chi connectivity index (χ4v) is 3.19. The van der Waals surface area contributed by atoms with Crippen molar-refractivity contribution >= 4 is 23.3 Å². The average molecular weight is 325 g/mol. The second-order valence-electron chi connectivity index (χ2n) is 6.13. The third kappa shape index (κ3) is 4.11. The quantitative estimate of drug-likeness (QED) is 0.865. The summed E-state index contributed by atoms with van der Waals surface area (Å²) in [7, 11) is 2.11. The molecule has 1 atom stereocenters. The molecule has 1 aliphatic rings. The van der Waals surface area contributed by atoms with Gasteiger partial charge in [-0.15, -0.1) is 0 Å². The number of carbonyl (C=O) groups is 1. The number of halogens is 1. The monoisotopic (exact) mass is 324 g/mol. The Labute approximate surface area is 137 Å². The predicted molar refractivity (Wildman–Crippen MR) is 90.6 cm³/mol. The molecule has 22 heavy (non-hydrogen) atoms. The van der Waals surface area contributed by atoms with Gasteiger partial charge < -0.3 is 15.1 Å². The van der Waals surface area contributed by atoms with Gasteiger partial charge in [0.2, 0.25) is 0 Å². The zero-order valence-corrected chi connectivity index (χ0v) is 14.6. The molecule has 1 saturated heterocycles. The molecule has 1 aromatic rings. The summed E-state index contributed by atoms with van der Waals surface area (Å²) in [5, 5.41) is 3.27. The van der Waals surface area contributed by atoms with E-state index in [2.05, 4.69) is 29.2 Å². The molecule has 1 N–H and O–H groups in total. The minimum Gasteiger partial charge on any atom is -0.324 e. The molecule has 0 aromatic carbocycles. The number of hydrogen-bond donors (Lipinski definition) is 1. The first kappa shape index (κ1) is 17.0. The number of amides is 2. The highest BCUT2D eigenvalue weighted by molar-refractivity contribution is 6.32. The summed E-state index contributed by atoms with van der Waals surface area (Å²) >= 11 is 6.15. The molecule has 2 heterocycles. The largest absolute Gasteiger partial charge is 0.324 e. The van der Waals surface area contributed by atoms with E-state index in [1.807, 2.05) is 24.8 Å². The Morgan fingerprint density at radius 2 is 2.27 bits per heavy atom. The third-order valence-corrected chi connectivity index (χ3v) is 4.49. The van der Waals surface area contributed by atoms with Crippen molar-refractivity contribution in [3.63, 3.8) is 0 Å². The Hall–Kier alpha value is -1.33. The van der Waals surface area contributed by atoms with Gasteiger partial charge in [-0.2, -0.15) is 0 Å². The van der Waals surface area contributed by atoms with E-state index in [4.69, 9.17) is 11.6 Å². The van der Waals surface area contributed by atoms with Gasteiger partial charge in [-0.3, -0.25) is 0 Å². The van der Waals surface area contributed by atoms with Crippen molar-refractivity contribution in [2.24, 2.45) is 5.92 Å². The van der Waals surface area contributed by atoms with Gasteiger partial charge in [0.25, 0.3) is 0 Å². The van der Waals surface area contributed by atoms with E-state index in [-0.39, 0.29) is 6.03 Å². The van der Waals surface area contributed by atoms with Crippen molar-refractivity contribution in [2.45, 2.75) is 27.2 Å². The maximum Gasteiger partial charge on any atom is 0.321 e. The van der Waals surface area contributed by atoms with E-state index in [9.17, 15) is 4.79 Å². The number of carbonyl (C=O) groups excluding carboxylic acids is 1. The lowest BCUT2D eigenvalue weighted by molar-refractivity contribution is 0.218. The van der Waals surface area contributed by atoms with Crippen molar-refractivity contribution in [2.75, 3.05) is 38.5 Å². The molecule has 0 radical (unpaired) electrons. The second-order valence-corrected chi connectivity index (χ2v) is 6.49.